The van der Waals surface area contributed by atoms with E-state index in [-0.39, 0.29) is 5.54 Å². The fourth-order valence-corrected chi connectivity index (χ4v) is 5.66. The van der Waals surface area contributed by atoms with Crippen LogP contribution in [0.5, 0.6) is 0 Å². The number of guanidine groups is 1. The number of thiazole rings is 1. The number of rotatable bonds is 1. The molecule has 2 aromatic heterocycles. The summed E-state index contributed by atoms with van der Waals surface area (Å²) in [6.07, 6.45) is 2.60. The van der Waals surface area contributed by atoms with E-state index in [4.69, 9.17) is 4.99 Å². The van der Waals surface area contributed by atoms with E-state index in [2.05, 4.69) is 48.1 Å². The number of nitrogens with zero attached hydrogens (tertiary/aromatic N) is 5. The number of fused-ring (bicyclic) bond motifs is 3. The van der Waals surface area contributed by atoms with Crippen LogP contribution in [0.3, 0.4) is 0 Å². The maximum absolute atomic E-state index is 4.84. The van der Waals surface area contributed by atoms with Crippen molar-refractivity contribution in [1.29, 1.82) is 0 Å². The minimum absolute atomic E-state index is 0.177. The lowest BCUT2D eigenvalue weighted by molar-refractivity contribution is -0.0199. The lowest BCUT2D eigenvalue weighted by Gasteiger charge is -2.54. The quantitative estimate of drug-likeness (QED) is 0.737. The highest BCUT2D eigenvalue weighted by Gasteiger charge is 2.52. The zero-order valence-corrected chi connectivity index (χ0v) is 15.9. The van der Waals surface area contributed by atoms with E-state index in [9.17, 15) is 0 Å². The van der Waals surface area contributed by atoms with Gasteiger partial charge in [-0.15, -0.1) is 0 Å². The number of pyridine rings is 1. The van der Waals surface area contributed by atoms with Crippen LogP contribution in [0, 0.1) is 5.92 Å². The van der Waals surface area contributed by atoms with Crippen molar-refractivity contribution in [3.8, 4) is 0 Å². The Morgan fingerprint density at radius 3 is 2.88 bits per heavy atom. The molecule has 8 heteroatoms. The maximum atomic E-state index is 4.84. The summed E-state index contributed by atoms with van der Waals surface area (Å²) in [5.41, 5.74) is 1.10. The van der Waals surface area contributed by atoms with Crippen molar-refractivity contribution in [2.75, 3.05) is 38.5 Å². The number of aliphatic imine (C=N–C) groups is 1. The maximum Gasteiger partial charge on any atom is 0.200 e. The molecule has 0 aliphatic carbocycles. The Morgan fingerprint density at radius 1 is 1.29 bits per heavy atom. The molecule has 4 aliphatic heterocycles. The van der Waals surface area contributed by atoms with Crippen LogP contribution < -0.4 is 5.32 Å². The van der Waals surface area contributed by atoms with Gasteiger partial charge in [-0.2, -0.15) is 0 Å². The first kappa shape index (κ1) is 15.0. The van der Waals surface area contributed by atoms with Crippen molar-refractivity contribution in [1.82, 2.24) is 19.8 Å². The Kier molecular flexibility index (Phi) is 3.37. The van der Waals surface area contributed by atoms with Crippen LogP contribution in [-0.2, 0) is 0 Å². The third-order valence-electron chi connectivity index (χ3n) is 5.77. The predicted octanol–water partition coefficient (Wildman–Crippen LogP) is 2.63. The van der Waals surface area contributed by atoms with Crippen molar-refractivity contribution in [3.63, 3.8) is 0 Å². The SMILES string of the molecule is CN1C(Nc2nc3ccc(Br)nc3s2)=NCC12CN1CCC2CC1. The molecule has 0 saturated carbocycles. The number of piperidine rings is 3. The minimum atomic E-state index is 0.177. The van der Waals surface area contributed by atoms with Crippen LogP contribution in [0.15, 0.2) is 21.7 Å². The van der Waals surface area contributed by atoms with Gasteiger partial charge in [-0.3, -0.25) is 4.99 Å². The summed E-state index contributed by atoms with van der Waals surface area (Å²) < 4.78 is 0.840. The molecule has 1 unspecified atom stereocenters. The van der Waals surface area contributed by atoms with E-state index in [1.54, 1.807) is 11.3 Å². The Hall–Kier alpha value is -1.25. The van der Waals surface area contributed by atoms with Crippen LogP contribution in [0.25, 0.3) is 10.3 Å². The Morgan fingerprint density at radius 2 is 2.12 bits per heavy atom. The highest BCUT2D eigenvalue weighted by atomic mass is 79.9. The summed E-state index contributed by atoms with van der Waals surface area (Å²) in [7, 11) is 2.18. The van der Waals surface area contributed by atoms with Crippen LogP contribution in [-0.4, -0.2) is 64.5 Å². The number of nitrogens with one attached hydrogen (secondary N) is 1. The normalized spacial score (nSPS) is 31.9. The molecule has 3 fully saturated rings. The molecule has 0 radical (unpaired) electrons. The Balaban J connectivity index is 1.39. The first-order valence-electron chi connectivity index (χ1n) is 8.35. The van der Waals surface area contributed by atoms with Crippen LogP contribution in [0.1, 0.15) is 12.8 Å². The molecule has 0 amide bonds. The molecule has 24 heavy (non-hydrogen) atoms. The fourth-order valence-electron chi connectivity index (χ4n) is 4.41. The van der Waals surface area contributed by atoms with E-state index in [1.807, 2.05) is 12.1 Å². The molecule has 2 aromatic rings. The van der Waals surface area contributed by atoms with Gasteiger partial charge in [0.15, 0.2) is 5.13 Å². The van der Waals surface area contributed by atoms with Crippen molar-refractivity contribution in [2.24, 2.45) is 10.9 Å². The number of aromatic nitrogens is 2. The van der Waals surface area contributed by atoms with Crippen molar-refractivity contribution < 1.29 is 0 Å². The lowest BCUT2D eigenvalue weighted by Crippen LogP contribution is -2.66. The third kappa shape index (κ3) is 2.19. The summed E-state index contributed by atoms with van der Waals surface area (Å²) in [5.74, 6) is 1.70. The monoisotopic (exact) mass is 406 g/mol. The molecule has 0 aromatic carbocycles. The number of anilines is 1. The fraction of sp³-hybridized carbons (Fsp3) is 0.562. The van der Waals surface area contributed by atoms with Crippen LogP contribution in [0.4, 0.5) is 5.13 Å². The van der Waals surface area contributed by atoms with Crippen molar-refractivity contribution in [2.45, 2.75) is 18.4 Å². The predicted molar refractivity (Wildman–Crippen MR) is 101 cm³/mol. The van der Waals surface area contributed by atoms with E-state index in [0.29, 0.717) is 0 Å². The van der Waals surface area contributed by atoms with Crippen molar-refractivity contribution >= 4 is 48.7 Å². The van der Waals surface area contributed by atoms with Gasteiger partial charge in [-0.05, 0) is 59.9 Å². The molecule has 1 atom stereocenters. The van der Waals surface area contributed by atoms with E-state index in [0.717, 1.165) is 45.0 Å². The van der Waals surface area contributed by atoms with E-state index in [1.165, 1.54) is 25.9 Å². The molecule has 2 bridgehead atoms. The third-order valence-corrected chi connectivity index (χ3v) is 7.10. The molecular formula is C16H19BrN6S. The highest BCUT2D eigenvalue weighted by molar-refractivity contribution is 9.10. The smallest absolute Gasteiger partial charge is 0.200 e. The summed E-state index contributed by atoms with van der Waals surface area (Å²) in [5, 5.41) is 4.30. The van der Waals surface area contributed by atoms with Gasteiger partial charge in [0.25, 0.3) is 0 Å². The number of hydrogen-bond donors (Lipinski definition) is 1. The largest absolute Gasteiger partial charge is 0.337 e. The summed E-state index contributed by atoms with van der Waals surface area (Å²) >= 11 is 4.99. The van der Waals surface area contributed by atoms with E-state index < -0.39 is 0 Å². The standard InChI is InChI=1S/C16H19BrN6S/c1-22-14(18-8-16(22)9-23-6-4-10(16)5-7-23)21-15-19-11-2-3-12(17)20-13(11)24-15/h2-3,10H,4-9H2,1H3,(H,18,19,21). The van der Waals surface area contributed by atoms with Crippen LogP contribution in [0.2, 0.25) is 0 Å². The van der Waals surface area contributed by atoms with Gasteiger partial charge in [0.1, 0.15) is 15.0 Å². The van der Waals surface area contributed by atoms with Crippen LogP contribution >= 0.6 is 27.3 Å². The van der Waals surface area contributed by atoms with Gasteiger partial charge in [0, 0.05) is 13.6 Å². The van der Waals surface area contributed by atoms with E-state index >= 15 is 0 Å². The molecular weight excluding hydrogens is 388 g/mol. The molecule has 6 rings (SSSR count). The van der Waals surface area contributed by atoms with Gasteiger partial charge in [0.2, 0.25) is 5.96 Å². The van der Waals surface area contributed by atoms with Crippen molar-refractivity contribution in [3.05, 3.63) is 16.7 Å². The molecule has 6 heterocycles. The Labute approximate surface area is 153 Å². The highest BCUT2D eigenvalue weighted by Crippen LogP contribution is 2.42. The minimum Gasteiger partial charge on any atom is -0.337 e. The Bertz CT molecular complexity index is 827. The molecule has 6 nitrogen and oxygen atoms in total. The van der Waals surface area contributed by atoms with Gasteiger partial charge < -0.3 is 15.1 Å². The first-order chi connectivity index (χ1) is 11.6. The summed E-state index contributed by atoms with van der Waals surface area (Å²) in [6.45, 7) is 4.53. The average Bonchev–Trinajstić information content (AvgIpc) is 3.12. The summed E-state index contributed by atoms with van der Waals surface area (Å²) in [4.78, 5) is 19.9. The second kappa shape index (κ2) is 5.37. The summed E-state index contributed by atoms with van der Waals surface area (Å²) in [6, 6.07) is 3.91. The second-order valence-corrected chi connectivity index (χ2v) is 8.75. The number of likely N-dealkylation sites (N-methyl/N-ethyl adjacent to an activating group) is 1. The van der Waals surface area contributed by atoms with Gasteiger partial charge in [0.05, 0.1) is 12.1 Å². The second-order valence-electron chi connectivity index (χ2n) is 6.96. The molecule has 1 N–H and O–H groups in total. The zero-order valence-electron chi connectivity index (χ0n) is 13.5. The molecule has 126 valence electrons. The lowest BCUT2D eigenvalue weighted by atomic mass is 9.72. The van der Waals surface area contributed by atoms with Gasteiger partial charge >= 0.3 is 0 Å². The molecule has 1 spiro atoms. The van der Waals surface area contributed by atoms with Gasteiger partial charge in [-0.1, -0.05) is 11.3 Å². The molecule has 3 saturated heterocycles. The zero-order chi connectivity index (χ0) is 16.3. The topological polar surface area (TPSA) is 56.6 Å². The first-order valence-corrected chi connectivity index (χ1v) is 9.96. The average molecular weight is 407 g/mol. The van der Waals surface area contributed by atoms with Gasteiger partial charge in [-0.25, -0.2) is 9.97 Å². The number of halogens is 1. The number of hydrogen-bond acceptors (Lipinski definition) is 7. The molecule has 4 aliphatic rings.